The van der Waals surface area contributed by atoms with Gasteiger partial charge in [-0.05, 0) is 29.8 Å². The monoisotopic (exact) mass is 332 g/mol. The summed E-state index contributed by atoms with van der Waals surface area (Å²) in [7, 11) is 1.67. The summed E-state index contributed by atoms with van der Waals surface area (Å²) in [5, 5.41) is 0.620. The minimum atomic E-state index is -0.597. The molecule has 2 rings (SSSR count). The molecule has 6 heteroatoms. The molecule has 23 heavy (non-hydrogen) atoms. The highest BCUT2D eigenvalue weighted by Gasteiger charge is 2.13. The van der Waals surface area contributed by atoms with Crippen LogP contribution in [0.1, 0.15) is 15.9 Å². The van der Waals surface area contributed by atoms with Gasteiger partial charge in [-0.25, -0.2) is 0 Å². The maximum absolute atomic E-state index is 12.1. The maximum atomic E-state index is 12.1. The highest BCUT2D eigenvalue weighted by Crippen LogP contribution is 2.17. The lowest BCUT2D eigenvalue weighted by atomic mass is 10.2. The number of nitrogens with zero attached hydrogens (tertiary/aromatic N) is 1. The van der Waals surface area contributed by atoms with Crippen LogP contribution in [-0.4, -0.2) is 30.4 Å². The normalized spacial score (nSPS) is 10.2. The first-order chi connectivity index (χ1) is 11.0. The molecule has 2 aromatic carbocycles. The molecule has 0 heterocycles. The lowest BCUT2D eigenvalue weighted by Crippen LogP contribution is -2.31. The van der Waals surface area contributed by atoms with Gasteiger partial charge in [0.15, 0.2) is 6.61 Å². The molecule has 2 aromatic rings. The van der Waals surface area contributed by atoms with E-state index in [2.05, 4.69) is 0 Å². The lowest BCUT2D eigenvalue weighted by molar-refractivity contribution is -0.132. The molecule has 0 aliphatic rings. The Kier molecular flexibility index (Phi) is 5.60. The van der Waals surface area contributed by atoms with E-state index in [-0.39, 0.29) is 18.1 Å². The number of benzene rings is 2. The Balaban J connectivity index is 1.95. The number of amides is 2. The minimum Gasteiger partial charge on any atom is -0.483 e. The molecular formula is C17H17ClN2O3. The van der Waals surface area contributed by atoms with Crippen molar-refractivity contribution in [3.8, 4) is 5.75 Å². The van der Waals surface area contributed by atoms with Crippen molar-refractivity contribution in [1.29, 1.82) is 0 Å². The predicted molar refractivity (Wildman–Crippen MR) is 88.4 cm³/mol. The molecule has 0 aliphatic heterocycles. The van der Waals surface area contributed by atoms with Gasteiger partial charge in [0.05, 0.1) is 5.56 Å². The van der Waals surface area contributed by atoms with E-state index in [1.54, 1.807) is 43.4 Å². The highest BCUT2D eigenvalue weighted by atomic mass is 35.5. The average molecular weight is 333 g/mol. The van der Waals surface area contributed by atoms with Crippen molar-refractivity contribution < 1.29 is 14.3 Å². The Hall–Kier alpha value is -2.53. The Morgan fingerprint density at radius 1 is 1.17 bits per heavy atom. The Labute approximate surface area is 139 Å². The van der Waals surface area contributed by atoms with Crippen LogP contribution in [-0.2, 0) is 11.3 Å². The number of carbonyl (C=O) groups excluding carboxylic acids is 2. The molecule has 0 saturated carbocycles. The predicted octanol–water partition coefficient (Wildman–Crippen LogP) is 2.48. The van der Waals surface area contributed by atoms with Gasteiger partial charge in [-0.1, -0.05) is 35.9 Å². The van der Waals surface area contributed by atoms with E-state index >= 15 is 0 Å². The van der Waals surface area contributed by atoms with Crippen molar-refractivity contribution in [3.05, 3.63) is 64.7 Å². The number of hydrogen-bond acceptors (Lipinski definition) is 3. The summed E-state index contributed by atoms with van der Waals surface area (Å²) in [4.78, 5) is 25.0. The summed E-state index contributed by atoms with van der Waals surface area (Å²) in [5.74, 6) is -0.519. The number of halogens is 1. The zero-order valence-corrected chi connectivity index (χ0v) is 13.4. The van der Waals surface area contributed by atoms with Crippen LogP contribution in [0, 0.1) is 0 Å². The van der Waals surface area contributed by atoms with Crippen molar-refractivity contribution in [2.24, 2.45) is 5.73 Å². The number of nitrogens with two attached hydrogens (primary N) is 1. The van der Waals surface area contributed by atoms with Crippen molar-refractivity contribution in [2.45, 2.75) is 6.54 Å². The van der Waals surface area contributed by atoms with Gasteiger partial charge in [-0.15, -0.1) is 0 Å². The SMILES string of the molecule is CN(Cc1cccc(Cl)c1)C(=O)COc1ccccc1C(N)=O. The fraction of sp³-hybridized carbons (Fsp3) is 0.176. The van der Waals surface area contributed by atoms with Gasteiger partial charge in [0.25, 0.3) is 11.8 Å². The average Bonchev–Trinajstić information content (AvgIpc) is 2.52. The molecule has 0 saturated heterocycles. The van der Waals surface area contributed by atoms with Crippen LogP contribution < -0.4 is 10.5 Å². The molecule has 0 aliphatic carbocycles. The van der Waals surface area contributed by atoms with E-state index < -0.39 is 5.91 Å². The van der Waals surface area contributed by atoms with Gasteiger partial charge in [0, 0.05) is 18.6 Å². The topological polar surface area (TPSA) is 72.6 Å². The van der Waals surface area contributed by atoms with E-state index in [1.807, 2.05) is 12.1 Å². The summed E-state index contributed by atoms with van der Waals surface area (Å²) in [6.07, 6.45) is 0. The van der Waals surface area contributed by atoms with Gasteiger partial charge in [-0.2, -0.15) is 0 Å². The number of primary amides is 1. The van der Waals surface area contributed by atoms with E-state index in [0.29, 0.717) is 17.3 Å². The standard InChI is InChI=1S/C17H17ClN2O3/c1-20(10-12-5-4-6-13(18)9-12)16(21)11-23-15-8-3-2-7-14(15)17(19)22/h2-9H,10-11H2,1H3,(H2,19,22). The zero-order valence-electron chi connectivity index (χ0n) is 12.7. The smallest absolute Gasteiger partial charge is 0.260 e. The number of hydrogen-bond donors (Lipinski definition) is 1. The van der Waals surface area contributed by atoms with Gasteiger partial charge < -0.3 is 15.4 Å². The molecule has 2 N–H and O–H groups in total. The number of para-hydroxylation sites is 1. The number of ether oxygens (including phenoxy) is 1. The van der Waals surface area contributed by atoms with E-state index in [1.165, 1.54) is 4.90 Å². The molecule has 0 spiro atoms. The molecule has 120 valence electrons. The zero-order chi connectivity index (χ0) is 16.8. The Morgan fingerprint density at radius 2 is 1.91 bits per heavy atom. The van der Waals surface area contributed by atoms with E-state index in [9.17, 15) is 9.59 Å². The highest BCUT2D eigenvalue weighted by molar-refractivity contribution is 6.30. The summed E-state index contributed by atoms with van der Waals surface area (Å²) in [6, 6.07) is 13.8. The molecule has 2 amide bonds. The number of carbonyl (C=O) groups is 2. The third-order valence-electron chi connectivity index (χ3n) is 3.24. The third-order valence-corrected chi connectivity index (χ3v) is 3.47. The maximum Gasteiger partial charge on any atom is 0.260 e. The fourth-order valence-corrected chi connectivity index (χ4v) is 2.26. The van der Waals surface area contributed by atoms with Gasteiger partial charge in [0.2, 0.25) is 0 Å². The molecule has 0 aromatic heterocycles. The molecule has 0 bridgehead atoms. The van der Waals surface area contributed by atoms with Crippen LogP contribution in [0.3, 0.4) is 0 Å². The van der Waals surface area contributed by atoms with Crippen molar-refractivity contribution in [2.75, 3.05) is 13.7 Å². The van der Waals surface area contributed by atoms with Crippen molar-refractivity contribution >= 4 is 23.4 Å². The number of rotatable bonds is 6. The summed E-state index contributed by atoms with van der Waals surface area (Å²) >= 11 is 5.92. The molecule has 0 fully saturated rings. The van der Waals surface area contributed by atoms with Crippen LogP contribution in [0.4, 0.5) is 0 Å². The molecule has 0 radical (unpaired) electrons. The van der Waals surface area contributed by atoms with Crippen molar-refractivity contribution in [3.63, 3.8) is 0 Å². The number of likely N-dealkylation sites (N-methyl/N-ethyl adjacent to an activating group) is 1. The third kappa shape index (κ3) is 4.72. The van der Waals surface area contributed by atoms with Gasteiger partial charge >= 0.3 is 0 Å². The molecule has 0 unspecified atom stereocenters. The minimum absolute atomic E-state index is 0.179. The Morgan fingerprint density at radius 3 is 2.61 bits per heavy atom. The van der Waals surface area contributed by atoms with E-state index in [4.69, 9.17) is 22.1 Å². The lowest BCUT2D eigenvalue weighted by Gasteiger charge is -2.18. The molecular weight excluding hydrogens is 316 g/mol. The van der Waals surface area contributed by atoms with Crippen LogP contribution in [0.15, 0.2) is 48.5 Å². The quantitative estimate of drug-likeness (QED) is 0.883. The second kappa shape index (κ2) is 7.65. The first-order valence-corrected chi connectivity index (χ1v) is 7.35. The van der Waals surface area contributed by atoms with Crippen molar-refractivity contribution in [1.82, 2.24) is 4.90 Å². The molecule has 0 atom stereocenters. The summed E-state index contributed by atoms with van der Waals surface area (Å²) < 4.78 is 5.42. The largest absolute Gasteiger partial charge is 0.483 e. The second-order valence-corrected chi connectivity index (χ2v) is 5.47. The van der Waals surface area contributed by atoms with Crippen LogP contribution in [0.5, 0.6) is 5.75 Å². The van der Waals surface area contributed by atoms with Gasteiger partial charge in [-0.3, -0.25) is 9.59 Å². The van der Waals surface area contributed by atoms with Crippen LogP contribution >= 0.6 is 11.6 Å². The summed E-state index contributed by atoms with van der Waals surface area (Å²) in [6.45, 7) is 0.238. The first-order valence-electron chi connectivity index (χ1n) is 6.97. The Bertz CT molecular complexity index is 718. The van der Waals surface area contributed by atoms with Gasteiger partial charge in [0.1, 0.15) is 5.75 Å². The fourth-order valence-electron chi connectivity index (χ4n) is 2.04. The molecule has 5 nitrogen and oxygen atoms in total. The first kappa shape index (κ1) is 16.8. The van der Waals surface area contributed by atoms with E-state index in [0.717, 1.165) is 5.56 Å². The second-order valence-electron chi connectivity index (χ2n) is 5.03. The van der Waals surface area contributed by atoms with Crippen LogP contribution in [0.2, 0.25) is 5.02 Å². The van der Waals surface area contributed by atoms with Crippen LogP contribution in [0.25, 0.3) is 0 Å². The summed E-state index contributed by atoms with van der Waals surface area (Å²) in [5.41, 5.74) is 6.44.